The number of ether oxygens (including phenoxy) is 1. The lowest BCUT2D eigenvalue weighted by Gasteiger charge is -2.30. The van der Waals surface area contributed by atoms with Crippen molar-refractivity contribution < 1.29 is 18.7 Å². The summed E-state index contributed by atoms with van der Waals surface area (Å²) in [6.07, 6.45) is 7.54. The zero-order valence-electron chi connectivity index (χ0n) is 23.2. The number of benzene rings is 1. The number of fused-ring (bicyclic) bond motifs is 1. The molecule has 5 rings (SSSR count). The van der Waals surface area contributed by atoms with Crippen LogP contribution in [-0.4, -0.2) is 59.0 Å². The Morgan fingerprint density at radius 2 is 1.97 bits per heavy atom. The van der Waals surface area contributed by atoms with Crippen molar-refractivity contribution in [3.8, 4) is 17.3 Å². The molecule has 2 atom stereocenters. The van der Waals surface area contributed by atoms with Gasteiger partial charge in [-0.1, -0.05) is 38.0 Å². The number of unbranched alkanes of at least 4 members (excludes halogenated alkanes) is 2. The van der Waals surface area contributed by atoms with Crippen LogP contribution >= 0.6 is 0 Å². The molecule has 2 aromatic heterocycles. The number of likely N-dealkylation sites (tertiary alicyclic amines) is 1. The number of amides is 1. The summed E-state index contributed by atoms with van der Waals surface area (Å²) in [6.45, 7) is 3.98. The standard InChI is InChI=1S/C30H39N5O4/c1-4-21(36)11-6-5-7-13-25(31-26(37)23-19-30(23)14-16-35(2)17-15-30)29-34-33-28(39-29)22-18-20-10-8-9-12-24(20)32-27(22)38-3/h8-10,12,18,23,25H,4-7,11,13-17,19H2,1-3H3,(H,31,37)/t23-,25+/m1/s1. The monoisotopic (exact) mass is 533 g/mol. The van der Waals surface area contributed by atoms with E-state index in [1.165, 1.54) is 0 Å². The Morgan fingerprint density at radius 1 is 1.18 bits per heavy atom. The molecule has 0 unspecified atom stereocenters. The van der Waals surface area contributed by atoms with Gasteiger partial charge in [-0.05, 0) is 69.8 Å². The van der Waals surface area contributed by atoms with Crippen LogP contribution in [0.1, 0.15) is 76.6 Å². The van der Waals surface area contributed by atoms with Crippen LogP contribution in [0.25, 0.3) is 22.4 Å². The molecule has 1 saturated heterocycles. The molecule has 1 amide bonds. The molecule has 1 N–H and O–H groups in total. The lowest BCUT2D eigenvalue weighted by molar-refractivity contribution is -0.124. The molecule has 1 aromatic carbocycles. The van der Waals surface area contributed by atoms with Crippen LogP contribution in [0.5, 0.6) is 5.88 Å². The predicted octanol–water partition coefficient (Wildman–Crippen LogP) is 5.11. The van der Waals surface area contributed by atoms with Crippen molar-refractivity contribution in [2.45, 2.75) is 70.8 Å². The SMILES string of the molecule is CCC(=O)CCCCC[C@H](NC(=O)[C@H]1CC12CCN(C)CC2)c1nnc(-c2cc3ccccc3nc2OC)o1. The highest BCUT2D eigenvalue weighted by molar-refractivity contribution is 5.85. The van der Waals surface area contributed by atoms with Gasteiger partial charge >= 0.3 is 0 Å². The fourth-order valence-corrected chi connectivity index (χ4v) is 5.78. The van der Waals surface area contributed by atoms with Crippen molar-refractivity contribution in [1.82, 2.24) is 25.4 Å². The van der Waals surface area contributed by atoms with Gasteiger partial charge in [0.05, 0.1) is 12.6 Å². The number of nitrogens with zero attached hydrogens (tertiary/aromatic N) is 4. The molecular formula is C30H39N5O4. The lowest BCUT2D eigenvalue weighted by Crippen LogP contribution is -2.36. The second-order valence-corrected chi connectivity index (χ2v) is 11.2. The number of hydrogen-bond acceptors (Lipinski definition) is 8. The maximum absolute atomic E-state index is 13.4. The first kappa shape index (κ1) is 27.2. The second kappa shape index (κ2) is 11.8. The second-order valence-electron chi connectivity index (χ2n) is 11.2. The molecule has 0 radical (unpaired) electrons. The molecule has 2 fully saturated rings. The van der Waals surface area contributed by atoms with E-state index in [0.717, 1.165) is 62.5 Å². The van der Waals surface area contributed by atoms with Crippen molar-refractivity contribution in [3.05, 3.63) is 36.2 Å². The van der Waals surface area contributed by atoms with E-state index < -0.39 is 0 Å². The number of methoxy groups -OCH3 is 1. The van der Waals surface area contributed by atoms with Crippen LogP contribution in [0.3, 0.4) is 0 Å². The van der Waals surface area contributed by atoms with Crippen LogP contribution < -0.4 is 10.1 Å². The number of carbonyl (C=O) groups excluding carboxylic acids is 2. The topological polar surface area (TPSA) is 110 Å². The quantitative estimate of drug-likeness (QED) is 0.320. The number of piperidine rings is 1. The molecule has 1 aliphatic carbocycles. The Labute approximate surface area is 229 Å². The smallest absolute Gasteiger partial charge is 0.253 e. The van der Waals surface area contributed by atoms with Gasteiger partial charge in [0.25, 0.3) is 5.89 Å². The molecule has 1 saturated carbocycles. The molecule has 208 valence electrons. The average Bonchev–Trinajstić information content (AvgIpc) is 3.44. The van der Waals surface area contributed by atoms with Crippen molar-refractivity contribution in [3.63, 3.8) is 0 Å². The summed E-state index contributed by atoms with van der Waals surface area (Å²) in [4.78, 5) is 32.0. The van der Waals surface area contributed by atoms with Crippen LogP contribution in [0, 0.1) is 11.3 Å². The number of carbonyl (C=O) groups is 2. The highest BCUT2D eigenvalue weighted by atomic mass is 16.5. The molecule has 3 aromatic rings. The number of para-hydroxylation sites is 1. The highest BCUT2D eigenvalue weighted by Gasteiger charge is 2.58. The Kier molecular flexibility index (Phi) is 8.26. The van der Waals surface area contributed by atoms with Gasteiger partial charge in [0, 0.05) is 24.1 Å². The zero-order chi connectivity index (χ0) is 27.4. The van der Waals surface area contributed by atoms with Gasteiger partial charge in [-0.3, -0.25) is 9.59 Å². The molecule has 1 aliphatic heterocycles. The van der Waals surface area contributed by atoms with Crippen LogP contribution in [-0.2, 0) is 9.59 Å². The molecule has 9 heteroatoms. The third-order valence-corrected chi connectivity index (χ3v) is 8.50. The minimum Gasteiger partial charge on any atom is -0.480 e. The molecule has 1 spiro atoms. The number of nitrogens with one attached hydrogen (secondary N) is 1. The third-order valence-electron chi connectivity index (χ3n) is 8.50. The Hall–Kier alpha value is -3.33. The summed E-state index contributed by atoms with van der Waals surface area (Å²) in [5.41, 5.74) is 1.58. The van der Waals surface area contributed by atoms with E-state index in [9.17, 15) is 9.59 Å². The van der Waals surface area contributed by atoms with Gasteiger partial charge in [-0.25, -0.2) is 4.98 Å². The van der Waals surface area contributed by atoms with Crippen LogP contribution in [0.4, 0.5) is 0 Å². The predicted molar refractivity (Wildman–Crippen MR) is 148 cm³/mol. The summed E-state index contributed by atoms with van der Waals surface area (Å²) in [6, 6.07) is 9.34. The van der Waals surface area contributed by atoms with Gasteiger partial charge in [0.15, 0.2) is 0 Å². The van der Waals surface area contributed by atoms with Gasteiger partial charge in [-0.15, -0.1) is 10.2 Å². The number of rotatable bonds is 12. The van der Waals surface area contributed by atoms with Crippen molar-refractivity contribution >= 4 is 22.6 Å². The Bertz CT molecular complexity index is 1310. The van der Waals surface area contributed by atoms with Crippen molar-refractivity contribution in [2.24, 2.45) is 11.3 Å². The largest absolute Gasteiger partial charge is 0.480 e. The summed E-state index contributed by atoms with van der Waals surface area (Å²) >= 11 is 0. The Morgan fingerprint density at radius 3 is 2.74 bits per heavy atom. The number of ketones is 1. The zero-order valence-corrected chi connectivity index (χ0v) is 23.2. The van der Waals surface area contributed by atoms with Gasteiger partial charge < -0.3 is 19.4 Å². The summed E-state index contributed by atoms with van der Waals surface area (Å²) < 4.78 is 11.7. The number of aromatic nitrogens is 3. The minimum atomic E-state index is -0.385. The fraction of sp³-hybridized carbons (Fsp3) is 0.567. The molecular weight excluding hydrogens is 494 g/mol. The van der Waals surface area contributed by atoms with Crippen molar-refractivity contribution in [2.75, 3.05) is 27.2 Å². The number of hydrogen-bond donors (Lipinski definition) is 1. The van der Waals surface area contributed by atoms with Crippen molar-refractivity contribution in [1.29, 1.82) is 0 Å². The first-order valence-corrected chi connectivity index (χ1v) is 14.2. The van der Waals surface area contributed by atoms with E-state index in [1.54, 1.807) is 7.11 Å². The Balaban J connectivity index is 1.32. The molecule has 39 heavy (non-hydrogen) atoms. The highest BCUT2D eigenvalue weighted by Crippen LogP contribution is 2.59. The van der Waals surface area contributed by atoms with E-state index in [-0.39, 0.29) is 29.1 Å². The van der Waals surface area contributed by atoms with E-state index >= 15 is 0 Å². The van der Waals surface area contributed by atoms with E-state index in [4.69, 9.17) is 9.15 Å². The van der Waals surface area contributed by atoms with Crippen LogP contribution in [0.15, 0.2) is 34.7 Å². The average molecular weight is 534 g/mol. The molecule has 3 heterocycles. The lowest BCUT2D eigenvalue weighted by atomic mass is 9.91. The maximum atomic E-state index is 13.4. The molecule has 9 nitrogen and oxygen atoms in total. The first-order valence-electron chi connectivity index (χ1n) is 14.2. The van der Waals surface area contributed by atoms with E-state index in [1.807, 2.05) is 37.3 Å². The summed E-state index contributed by atoms with van der Waals surface area (Å²) in [5, 5.41) is 12.9. The van der Waals surface area contributed by atoms with Gasteiger partial charge in [0.1, 0.15) is 17.4 Å². The number of Topliss-reactive ketones (excluding diaryl/α,β-unsaturated/α-hetero) is 1. The normalized spacial score (nSPS) is 19.2. The van der Waals surface area contributed by atoms with Gasteiger partial charge in [0.2, 0.25) is 17.7 Å². The summed E-state index contributed by atoms with van der Waals surface area (Å²) in [7, 11) is 3.71. The minimum absolute atomic E-state index is 0.0445. The van der Waals surface area contributed by atoms with E-state index in [0.29, 0.717) is 42.5 Å². The number of pyridine rings is 1. The first-order chi connectivity index (χ1) is 18.9. The van der Waals surface area contributed by atoms with E-state index in [2.05, 4.69) is 32.4 Å². The molecule has 2 aliphatic rings. The fourth-order valence-electron chi connectivity index (χ4n) is 5.78. The van der Waals surface area contributed by atoms with Crippen LogP contribution in [0.2, 0.25) is 0 Å². The molecule has 0 bridgehead atoms. The maximum Gasteiger partial charge on any atom is 0.253 e. The van der Waals surface area contributed by atoms with Gasteiger partial charge in [-0.2, -0.15) is 0 Å². The summed E-state index contributed by atoms with van der Waals surface area (Å²) in [5.74, 6) is 1.52. The third kappa shape index (κ3) is 6.13.